The lowest BCUT2D eigenvalue weighted by atomic mass is 9.96. The van der Waals surface area contributed by atoms with Crippen molar-refractivity contribution in [2.24, 2.45) is 5.73 Å². The highest BCUT2D eigenvalue weighted by Crippen LogP contribution is 2.30. The molecule has 1 saturated carbocycles. The molecule has 1 aliphatic carbocycles. The lowest BCUT2D eigenvalue weighted by Gasteiger charge is -2.26. The molecule has 0 aliphatic heterocycles. The van der Waals surface area contributed by atoms with Gasteiger partial charge in [0.1, 0.15) is 11.4 Å². The highest BCUT2D eigenvalue weighted by molar-refractivity contribution is 5.99. The van der Waals surface area contributed by atoms with E-state index < -0.39 is 11.4 Å². The number of nitrogens with two attached hydrogens (primary N) is 2. The Morgan fingerprint density at radius 2 is 1.92 bits per heavy atom. The van der Waals surface area contributed by atoms with E-state index in [0.717, 1.165) is 12.8 Å². The Balaban J connectivity index is 1.86. The number of nitrogens with one attached hydrogen (secondary N) is 1. The first-order valence-electron chi connectivity index (χ1n) is 7.82. The Morgan fingerprint density at radius 1 is 1.17 bits per heavy atom. The van der Waals surface area contributed by atoms with E-state index in [1.165, 1.54) is 0 Å². The number of hydrogen-bond donors (Lipinski definition) is 3. The molecule has 1 heterocycles. The van der Waals surface area contributed by atoms with E-state index >= 15 is 0 Å². The number of amides is 2. The van der Waals surface area contributed by atoms with Gasteiger partial charge in [0.25, 0.3) is 5.91 Å². The predicted octanol–water partition coefficient (Wildman–Crippen LogP) is 1.25. The second-order valence-corrected chi connectivity index (χ2v) is 5.99. The molecule has 7 heteroatoms. The number of hydrogen-bond acceptors (Lipinski definition) is 5. The molecule has 0 unspecified atom stereocenters. The maximum absolute atomic E-state index is 12.6. The molecule has 0 atom stereocenters. The van der Waals surface area contributed by atoms with Gasteiger partial charge in [-0.15, -0.1) is 0 Å². The van der Waals surface area contributed by atoms with Crippen molar-refractivity contribution in [3.8, 4) is 11.4 Å². The molecule has 0 radical (unpaired) electrons. The Morgan fingerprint density at radius 3 is 2.58 bits per heavy atom. The lowest BCUT2D eigenvalue weighted by Crippen LogP contribution is -2.55. The summed E-state index contributed by atoms with van der Waals surface area (Å²) in [5, 5.41) is 2.82. The summed E-state index contributed by atoms with van der Waals surface area (Å²) in [7, 11) is 0. The number of carbonyl (C=O) groups excluding carboxylic acids is 2. The molecule has 0 bridgehead atoms. The van der Waals surface area contributed by atoms with E-state index in [2.05, 4.69) is 15.3 Å². The molecule has 124 valence electrons. The highest BCUT2D eigenvalue weighted by atomic mass is 16.2. The average molecular weight is 325 g/mol. The van der Waals surface area contributed by atoms with Crippen LogP contribution in [0.5, 0.6) is 0 Å². The normalized spacial score (nSPS) is 15.8. The fourth-order valence-corrected chi connectivity index (χ4v) is 3.01. The van der Waals surface area contributed by atoms with Gasteiger partial charge in [-0.1, -0.05) is 25.0 Å². The maximum atomic E-state index is 12.6. The van der Waals surface area contributed by atoms with Crippen molar-refractivity contribution in [3.63, 3.8) is 0 Å². The van der Waals surface area contributed by atoms with Crippen LogP contribution in [0.25, 0.3) is 11.4 Å². The summed E-state index contributed by atoms with van der Waals surface area (Å²) in [6, 6.07) is 8.48. The van der Waals surface area contributed by atoms with Gasteiger partial charge in [0.2, 0.25) is 5.91 Å². The van der Waals surface area contributed by atoms with Crippen molar-refractivity contribution in [3.05, 3.63) is 42.1 Å². The average Bonchev–Trinajstić information content (AvgIpc) is 3.05. The van der Waals surface area contributed by atoms with E-state index in [1.807, 2.05) is 0 Å². The largest absolute Gasteiger partial charge is 0.384 e. The minimum Gasteiger partial charge on any atom is -0.384 e. The number of nitrogens with zero attached hydrogens (tertiary/aromatic N) is 2. The van der Waals surface area contributed by atoms with Gasteiger partial charge < -0.3 is 16.8 Å². The molecule has 2 amide bonds. The van der Waals surface area contributed by atoms with Gasteiger partial charge in [0, 0.05) is 17.3 Å². The van der Waals surface area contributed by atoms with Crippen LogP contribution in [0.3, 0.4) is 0 Å². The van der Waals surface area contributed by atoms with Crippen LogP contribution in [0.15, 0.2) is 36.5 Å². The minimum absolute atomic E-state index is 0.332. The SMILES string of the molecule is NC(=O)C1(NC(=O)c2cccc(-c3nccc(N)n3)c2)CCCC1. The van der Waals surface area contributed by atoms with Crippen LogP contribution < -0.4 is 16.8 Å². The Bertz CT molecular complexity index is 784. The number of anilines is 1. The van der Waals surface area contributed by atoms with E-state index in [9.17, 15) is 9.59 Å². The van der Waals surface area contributed by atoms with Crippen molar-refractivity contribution >= 4 is 17.6 Å². The number of aromatic nitrogens is 2. The number of carbonyl (C=O) groups is 2. The summed E-state index contributed by atoms with van der Waals surface area (Å²) in [4.78, 5) is 32.7. The van der Waals surface area contributed by atoms with Gasteiger partial charge in [-0.3, -0.25) is 9.59 Å². The summed E-state index contributed by atoms with van der Waals surface area (Å²) in [5.74, 6) is -0.0197. The van der Waals surface area contributed by atoms with E-state index in [-0.39, 0.29) is 5.91 Å². The molecule has 0 saturated heterocycles. The van der Waals surface area contributed by atoms with Gasteiger partial charge in [-0.05, 0) is 31.0 Å². The third-order valence-electron chi connectivity index (χ3n) is 4.34. The summed E-state index contributed by atoms with van der Waals surface area (Å²) >= 11 is 0. The van der Waals surface area contributed by atoms with Gasteiger partial charge in [-0.2, -0.15) is 0 Å². The molecule has 0 spiro atoms. The first-order chi connectivity index (χ1) is 11.5. The molecular weight excluding hydrogens is 306 g/mol. The van der Waals surface area contributed by atoms with E-state index in [1.54, 1.807) is 36.5 Å². The van der Waals surface area contributed by atoms with Crippen molar-refractivity contribution in [1.29, 1.82) is 0 Å². The molecule has 24 heavy (non-hydrogen) atoms. The van der Waals surface area contributed by atoms with E-state index in [0.29, 0.717) is 35.6 Å². The highest BCUT2D eigenvalue weighted by Gasteiger charge is 2.41. The molecule has 1 aromatic heterocycles. The molecule has 2 aromatic rings. The molecule has 1 fully saturated rings. The van der Waals surface area contributed by atoms with Gasteiger partial charge in [0.05, 0.1) is 0 Å². The van der Waals surface area contributed by atoms with Crippen LogP contribution in [0.4, 0.5) is 5.82 Å². The monoisotopic (exact) mass is 325 g/mol. The van der Waals surface area contributed by atoms with Crippen LogP contribution in [0.2, 0.25) is 0 Å². The molecule has 7 nitrogen and oxygen atoms in total. The first kappa shape index (κ1) is 15.9. The van der Waals surface area contributed by atoms with Crippen molar-refractivity contribution in [2.75, 3.05) is 5.73 Å². The van der Waals surface area contributed by atoms with Crippen LogP contribution >= 0.6 is 0 Å². The summed E-state index contributed by atoms with van der Waals surface area (Å²) in [6.45, 7) is 0. The minimum atomic E-state index is -0.944. The third kappa shape index (κ3) is 3.05. The van der Waals surface area contributed by atoms with Gasteiger partial charge in [-0.25, -0.2) is 9.97 Å². The first-order valence-corrected chi connectivity index (χ1v) is 7.82. The topological polar surface area (TPSA) is 124 Å². The molecule has 1 aromatic carbocycles. The van der Waals surface area contributed by atoms with Crippen LogP contribution in [0, 0.1) is 0 Å². The quantitative estimate of drug-likeness (QED) is 0.780. The predicted molar refractivity (Wildman–Crippen MR) is 89.7 cm³/mol. The molecule has 1 aliphatic rings. The second-order valence-electron chi connectivity index (χ2n) is 5.99. The Kier molecular flexibility index (Phi) is 4.16. The number of rotatable bonds is 4. The summed E-state index contributed by atoms with van der Waals surface area (Å²) in [5.41, 5.74) is 11.3. The van der Waals surface area contributed by atoms with Crippen molar-refractivity contribution < 1.29 is 9.59 Å². The van der Waals surface area contributed by atoms with Crippen LogP contribution in [-0.2, 0) is 4.79 Å². The molecule has 3 rings (SSSR count). The maximum Gasteiger partial charge on any atom is 0.252 e. The third-order valence-corrected chi connectivity index (χ3v) is 4.34. The molecule has 5 N–H and O–H groups in total. The van der Waals surface area contributed by atoms with Crippen LogP contribution in [0.1, 0.15) is 36.0 Å². The second kappa shape index (κ2) is 6.27. The summed E-state index contributed by atoms with van der Waals surface area (Å²) < 4.78 is 0. The van der Waals surface area contributed by atoms with Crippen molar-refractivity contribution in [2.45, 2.75) is 31.2 Å². The number of benzene rings is 1. The van der Waals surface area contributed by atoms with Gasteiger partial charge in [0.15, 0.2) is 5.82 Å². The van der Waals surface area contributed by atoms with E-state index in [4.69, 9.17) is 11.5 Å². The Labute approximate surface area is 139 Å². The summed E-state index contributed by atoms with van der Waals surface area (Å²) in [6.07, 6.45) is 4.46. The zero-order valence-electron chi connectivity index (χ0n) is 13.2. The lowest BCUT2D eigenvalue weighted by molar-refractivity contribution is -0.123. The zero-order valence-corrected chi connectivity index (χ0v) is 13.2. The Hall–Kier alpha value is -2.96. The number of nitrogen functional groups attached to an aromatic ring is 1. The fourth-order valence-electron chi connectivity index (χ4n) is 3.01. The molecular formula is C17H19N5O2. The standard InChI is InChI=1S/C17H19N5O2/c18-13-6-9-20-14(21-13)11-4-3-5-12(10-11)15(23)22-17(16(19)24)7-1-2-8-17/h3-6,9-10H,1-2,7-8H2,(H2,19,24)(H,22,23)(H2,18,20,21). The fraction of sp³-hybridized carbons (Fsp3) is 0.294. The van der Waals surface area contributed by atoms with Crippen LogP contribution in [-0.4, -0.2) is 27.3 Å². The van der Waals surface area contributed by atoms with Gasteiger partial charge >= 0.3 is 0 Å². The smallest absolute Gasteiger partial charge is 0.252 e. The number of primary amides is 1. The van der Waals surface area contributed by atoms with Crippen molar-refractivity contribution in [1.82, 2.24) is 15.3 Å². The zero-order chi connectivity index (χ0) is 17.2.